The molecule has 0 amide bonds. The molecule has 0 radical (unpaired) electrons. The quantitative estimate of drug-likeness (QED) is 0.842. The zero-order valence-electron chi connectivity index (χ0n) is 13.2. The molecule has 1 saturated heterocycles. The minimum absolute atomic E-state index is 0.324. The Hall–Kier alpha value is -1.33. The van der Waals surface area contributed by atoms with Gasteiger partial charge in [0.2, 0.25) is 0 Å². The van der Waals surface area contributed by atoms with Crippen molar-refractivity contribution in [2.24, 2.45) is 0 Å². The maximum absolute atomic E-state index is 5.94. The zero-order valence-corrected chi connectivity index (χ0v) is 13.2. The van der Waals surface area contributed by atoms with Crippen molar-refractivity contribution in [3.8, 4) is 0 Å². The number of anilines is 1. The minimum Gasteiger partial charge on any atom is -0.400 e. The summed E-state index contributed by atoms with van der Waals surface area (Å²) in [5, 5.41) is 0. The van der Waals surface area contributed by atoms with Gasteiger partial charge < -0.3 is 15.0 Å². The molecular weight excluding hydrogens is 251 g/mol. The van der Waals surface area contributed by atoms with E-state index in [0.29, 0.717) is 5.82 Å². The molecule has 108 valence electrons. The highest BCUT2D eigenvalue weighted by Crippen LogP contribution is 2.37. The third-order valence-electron chi connectivity index (χ3n) is 4.23. The van der Waals surface area contributed by atoms with Gasteiger partial charge in [-0.25, -0.2) is 4.98 Å². The standard InChI is InChI=1S/C15H23BN2O2/c1-10-9-12(13(17)18-11(10)2)7-8-16-19-14(3,4)15(5,6)20-16/h7-9H,1-6H3,(H2,17,18)/b8-7+. The Morgan fingerprint density at radius 3 is 2.25 bits per heavy atom. The fraction of sp³-hybridized carbons (Fsp3) is 0.533. The van der Waals surface area contributed by atoms with Gasteiger partial charge >= 0.3 is 7.12 Å². The van der Waals surface area contributed by atoms with Crippen LogP contribution in [0.15, 0.2) is 12.0 Å². The summed E-state index contributed by atoms with van der Waals surface area (Å²) in [6, 6.07) is 2.03. The van der Waals surface area contributed by atoms with Crippen molar-refractivity contribution in [3.05, 3.63) is 28.9 Å². The summed E-state index contributed by atoms with van der Waals surface area (Å²) in [7, 11) is -0.360. The van der Waals surface area contributed by atoms with E-state index in [0.717, 1.165) is 16.8 Å². The van der Waals surface area contributed by atoms with Gasteiger partial charge in [-0.2, -0.15) is 0 Å². The van der Waals surface area contributed by atoms with Crippen LogP contribution in [0.1, 0.15) is 44.5 Å². The Bertz CT molecular complexity index is 537. The summed E-state index contributed by atoms with van der Waals surface area (Å²) >= 11 is 0. The Labute approximate surface area is 121 Å². The number of nitrogens with zero attached hydrogens (tertiary/aromatic N) is 1. The first kappa shape index (κ1) is 15.1. The normalized spacial score (nSPS) is 20.8. The van der Waals surface area contributed by atoms with Gasteiger partial charge in [0.15, 0.2) is 0 Å². The molecule has 0 spiro atoms. The number of nitrogens with two attached hydrogens (primary N) is 1. The smallest absolute Gasteiger partial charge is 0.400 e. The second kappa shape index (κ2) is 4.90. The van der Waals surface area contributed by atoms with E-state index in [2.05, 4.69) is 4.98 Å². The predicted octanol–water partition coefficient (Wildman–Crippen LogP) is 2.93. The molecule has 0 bridgehead atoms. The van der Waals surface area contributed by atoms with Gasteiger partial charge in [0.25, 0.3) is 0 Å². The van der Waals surface area contributed by atoms with Crippen LogP contribution in [0.3, 0.4) is 0 Å². The van der Waals surface area contributed by atoms with E-state index in [1.807, 2.05) is 59.7 Å². The average molecular weight is 274 g/mol. The highest BCUT2D eigenvalue weighted by atomic mass is 16.7. The van der Waals surface area contributed by atoms with E-state index in [1.54, 1.807) is 0 Å². The number of hydrogen-bond acceptors (Lipinski definition) is 4. The van der Waals surface area contributed by atoms with E-state index in [4.69, 9.17) is 15.0 Å². The molecule has 0 atom stereocenters. The summed E-state index contributed by atoms with van der Waals surface area (Å²) in [4.78, 5) is 4.32. The number of hydrogen-bond donors (Lipinski definition) is 1. The molecule has 0 unspecified atom stereocenters. The fourth-order valence-electron chi connectivity index (χ4n) is 2.03. The lowest BCUT2D eigenvalue weighted by Crippen LogP contribution is -2.41. The molecule has 1 aromatic rings. The van der Waals surface area contributed by atoms with Crippen molar-refractivity contribution < 1.29 is 9.31 Å². The lowest BCUT2D eigenvalue weighted by atomic mass is 9.89. The van der Waals surface area contributed by atoms with Crippen LogP contribution in [-0.2, 0) is 9.31 Å². The number of rotatable bonds is 2. The maximum atomic E-state index is 5.94. The lowest BCUT2D eigenvalue weighted by Gasteiger charge is -2.32. The third-order valence-corrected chi connectivity index (χ3v) is 4.23. The van der Waals surface area contributed by atoms with Crippen molar-refractivity contribution in [3.63, 3.8) is 0 Å². The molecule has 0 aromatic carbocycles. The van der Waals surface area contributed by atoms with Crippen molar-refractivity contribution in [2.75, 3.05) is 5.73 Å². The summed E-state index contributed by atoms with van der Waals surface area (Å²) in [5.74, 6) is 2.42. The van der Waals surface area contributed by atoms with Crippen molar-refractivity contribution >= 4 is 19.0 Å². The first-order valence-corrected chi connectivity index (χ1v) is 6.90. The second-order valence-corrected chi connectivity index (χ2v) is 6.35. The molecule has 0 saturated carbocycles. The highest BCUT2D eigenvalue weighted by molar-refractivity contribution is 6.52. The molecule has 4 nitrogen and oxygen atoms in total. The molecule has 1 aliphatic rings. The highest BCUT2D eigenvalue weighted by Gasteiger charge is 2.49. The summed E-state index contributed by atoms with van der Waals surface area (Å²) in [5.41, 5.74) is 8.25. The molecule has 2 N–H and O–H groups in total. The average Bonchev–Trinajstić information content (AvgIpc) is 2.51. The van der Waals surface area contributed by atoms with Gasteiger partial charge in [-0.1, -0.05) is 12.1 Å². The van der Waals surface area contributed by atoms with Crippen LogP contribution in [0, 0.1) is 13.8 Å². The molecule has 1 aromatic heterocycles. The minimum atomic E-state index is -0.360. The maximum Gasteiger partial charge on any atom is 0.487 e. The van der Waals surface area contributed by atoms with Gasteiger partial charge in [0.1, 0.15) is 5.82 Å². The molecular formula is C15H23BN2O2. The van der Waals surface area contributed by atoms with Crippen molar-refractivity contribution in [1.82, 2.24) is 4.98 Å². The van der Waals surface area contributed by atoms with Gasteiger partial charge in [-0.3, -0.25) is 0 Å². The molecule has 1 aliphatic heterocycles. The summed E-state index contributed by atoms with van der Waals surface area (Å²) in [6.45, 7) is 12.1. The van der Waals surface area contributed by atoms with Crippen LogP contribution < -0.4 is 5.73 Å². The monoisotopic (exact) mass is 274 g/mol. The summed E-state index contributed by atoms with van der Waals surface area (Å²) < 4.78 is 11.8. The van der Waals surface area contributed by atoms with Crippen LogP contribution in [0.25, 0.3) is 6.08 Å². The van der Waals surface area contributed by atoms with E-state index in [9.17, 15) is 0 Å². The van der Waals surface area contributed by atoms with Gasteiger partial charge in [-0.05, 0) is 53.2 Å². The number of aryl methyl sites for hydroxylation is 2. The fourth-order valence-corrected chi connectivity index (χ4v) is 2.03. The van der Waals surface area contributed by atoms with Crippen molar-refractivity contribution in [2.45, 2.75) is 52.7 Å². The van der Waals surface area contributed by atoms with Crippen LogP contribution in [0.4, 0.5) is 5.82 Å². The molecule has 0 aliphatic carbocycles. The number of pyridine rings is 1. The SMILES string of the molecule is Cc1cc(/C=C/B2OC(C)(C)C(C)(C)O2)c(N)nc1C. The Morgan fingerprint density at radius 2 is 1.70 bits per heavy atom. The zero-order chi connectivity index (χ0) is 15.1. The first-order valence-electron chi connectivity index (χ1n) is 6.90. The molecule has 2 heterocycles. The van der Waals surface area contributed by atoms with E-state index in [-0.39, 0.29) is 18.3 Å². The lowest BCUT2D eigenvalue weighted by molar-refractivity contribution is 0.00578. The number of aromatic nitrogens is 1. The predicted molar refractivity (Wildman–Crippen MR) is 83.2 cm³/mol. The van der Waals surface area contributed by atoms with Crippen LogP contribution in [-0.4, -0.2) is 23.3 Å². The largest absolute Gasteiger partial charge is 0.487 e. The van der Waals surface area contributed by atoms with Crippen LogP contribution in [0.2, 0.25) is 0 Å². The van der Waals surface area contributed by atoms with Gasteiger partial charge in [0.05, 0.1) is 11.2 Å². The second-order valence-electron chi connectivity index (χ2n) is 6.35. The first-order chi connectivity index (χ1) is 9.12. The van der Waals surface area contributed by atoms with Gasteiger partial charge in [-0.15, -0.1) is 0 Å². The number of nitrogen functional groups attached to an aromatic ring is 1. The van der Waals surface area contributed by atoms with E-state index >= 15 is 0 Å². The van der Waals surface area contributed by atoms with Crippen molar-refractivity contribution in [1.29, 1.82) is 0 Å². The topological polar surface area (TPSA) is 57.4 Å². The van der Waals surface area contributed by atoms with Crippen LogP contribution >= 0.6 is 0 Å². The molecule has 1 fully saturated rings. The van der Waals surface area contributed by atoms with Crippen LogP contribution in [0.5, 0.6) is 0 Å². The Balaban J connectivity index is 2.18. The Kier molecular flexibility index (Phi) is 3.69. The Morgan fingerprint density at radius 1 is 1.15 bits per heavy atom. The van der Waals surface area contributed by atoms with Gasteiger partial charge in [0, 0.05) is 11.3 Å². The van der Waals surface area contributed by atoms with E-state index < -0.39 is 0 Å². The molecule has 20 heavy (non-hydrogen) atoms. The molecule has 5 heteroatoms. The molecule has 2 rings (SSSR count). The third kappa shape index (κ3) is 2.74. The van der Waals surface area contributed by atoms with E-state index in [1.165, 1.54) is 0 Å². The summed E-state index contributed by atoms with van der Waals surface area (Å²) in [6.07, 6.45) is 1.91.